The molecule has 0 unspecified atom stereocenters. The van der Waals surface area contributed by atoms with E-state index in [-0.39, 0.29) is 29.0 Å². The van der Waals surface area contributed by atoms with Gasteiger partial charge in [-0.05, 0) is 35.4 Å². The average molecular weight is 398 g/mol. The standard InChI is InChI=1S/C16H14BrClN2O3/c17-11-3-1-9(2-4-11)7-20-8-14(22)19-16(20)10-5-12(18)15(23)13(21)6-10/h1-6,16,21,23H,7-8H2,(H,19,22)/t16-/m1/s1. The lowest BCUT2D eigenvalue weighted by Gasteiger charge is -2.24. The number of hydrogen-bond donors (Lipinski definition) is 3. The van der Waals surface area contributed by atoms with Gasteiger partial charge in [-0.1, -0.05) is 39.7 Å². The van der Waals surface area contributed by atoms with Crippen LogP contribution in [0.1, 0.15) is 17.3 Å². The quantitative estimate of drug-likeness (QED) is 0.696. The monoisotopic (exact) mass is 396 g/mol. The van der Waals surface area contributed by atoms with Gasteiger partial charge in [0.05, 0.1) is 11.6 Å². The minimum atomic E-state index is -0.407. The number of amides is 1. The van der Waals surface area contributed by atoms with Gasteiger partial charge in [-0.15, -0.1) is 0 Å². The van der Waals surface area contributed by atoms with Crippen LogP contribution < -0.4 is 5.32 Å². The third-order valence-electron chi connectivity index (χ3n) is 3.69. The molecule has 5 nitrogen and oxygen atoms in total. The molecule has 0 aliphatic carbocycles. The van der Waals surface area contributed by atoms with E-state index < -0.39 is 6.17 Å². The molecule has 0 radical (unpaired) electrons. The number of benzene rings is 2. The molecule has 1 aliphatic rings. The highest BCUT2D eigenvalue weighted by Gasteiger charge is 2.31. The Morgan fingerprint density at radius 3 is 2.61 bits per heavy atom. The van der Waals surface area contributed by atoms with E-state index in [4.69, 9.17) is 11.6 Å². The molecule has 7 heteroatoms. The topological polar surface area (TPSA) is 72.8 Å². The van der Waals surface area contributed by atoms with Crippen molar-refractivity contribution >= 4 is 33.4 Å². The van der Waals surface area contributed by atoms with Crippen molar-refractivity contribution in [2.75, 3.05) is 6.54 Å². The number of nitrogens with zero attached hydrogens (tertiary/aromatic N) is 1. The van der Waals surface area contributed by atoms with Crippen molar-refractivity contribution in [1.82, 2.24) is 10.2 Å². The molecule has 1 saturated heterocycles. The van der Waals surface area contributed by atoms with Gasteiger partial charge >= 0.3 is 0 Å². The second kappa shape index (κ2) is 6.39. The van der Waals surface area contributed by atoms with Gasteiger partial charge < -0.3 is 15.5 Å². The first-order valence-electron chi connectivity index (χ1n) is 6.93. The Labute approximate surface area is 146 Å². The highest BCUT2D eigenvalue weighted by Crippen LogP contribution is 2.37. The Bertz CT molecular complexity index is 728. The number of hydrogen-bond acceptors (Lipinski definition) is 4. The van der Waals surface area contributed by atoms with Gasteiger partial charge in [0.1, 0.15) is 6.17 Å². The predicted molar refractivity (Wildman–Crippen MR) is 90.2 cm³/mol. The van der Waals surface area contributed by atoms with Crippen LogP contribution in [0.15, 0.2) is 40.9 Å². The first-order chi connectivity index (χ1) is 10.9. The normalized spacial score (nSPS) is 18.2. The molecule has 120 valence electrons. The maximum Gasteiger partial charge on any atom is 0.235 e. The lowest BCUT2D eigenvalue weighted by Crippen LogP contribution is -2.27. The second-order valence-electron chi connectivity index (χ2n) is 5.37. The maximum absolute atomic E-state index is 11.8. The number of halogens is 2. The van der Waals surface area contributed by atoms with E-state index in [1.807, 2.05) is 29.2 Å². The Morgan fingerprint density at radius 1 is 1.26 bits per heavy atom. The van der Waals surface area contributed by atoms with E-state index in [2.05, 4.69) is 21.2 Å². The Balaban J connectivity index is 1.87. The van der Waals surface area contributed by atoms with Gasteiger partial charge in [0.25, 0.3) is 0 Å². The smallest absolute Gasteiger partial charge is 0.235 e. The summed E-state index contributed by atoms with van der Waals surface area (Å²) in [5, 5.41) is 22.2. The van der Waals surface area contributed by atoms with Crippen LogP contribution in [-0.4, -0.2) is 27.6 Å². The molecule has 0 aromatic heterocycles. The third-order valence-corrected chi connectivity index (χ3v) is 4.51. The van der Waals surface area contributed by atoms with Crippen LogP contribution in [0, 0.1) is 0 Å². The van der Waals surface area contributed by atoms with Crippen LogP contribution in [0.3, 0.4) is 0 Å². The number of phenols is 2. The van der Waals surface area contributed by atoms with Crippen LogP contribution in [-0.2, 0) is 11.3 Å². The van der Waals surface area contributed by atoms with Crippen molar-refractivity contribution in [1.29, 1.82) is 0 Å². The highest BCUT2D eigenvalue weighted by atomic mass is 79.9. The summed E-state index contributed by atoms with van der Waals surface area (Å²) in [7, 11) is 0. The molecule has 1 heterocycles. The summed E-state index contributed by atoms with van der Waals surface area (Å²) in [6.07, 6.45) is -0.407. The molecule has 1 amide bonds. The van der Waals surface area contributed by atoms with E-state index in [0.29, 0.717) is 12.1 Å². The van der Waals surface area contributed by atoms with Gasteiger partial charge in [-0.3, -0.25) is 9.69 Å². The zero-order valence-electron chi connectivity index (χ0n) is 12.0. The van der Waals surface area contributed by atoms with Gasteiger partial charge in [0, 0.05) is 11.0 Å². The molecule has 2 aromatic rings. The molecule has 0 saturated carbocycles. The Hall–Kier alpha value is -1.76. The van der Waals surface area contributed by atoms with Crippen LogP contribution in [0.2, 0.25) is 5.02 Å². The number of nitrogens with one attached hydrogen (secondary N) is 1. The molecule has 1 aliphatic heterocycles. The highest BCUT2D eigenvalue weighted by molar-refractivity contribution is 9.10. The van der Waals surface area contributed by atoms with Crippen molar-refractivity contribution in [3.63, 3.8) is 0 Å². The number of carbonyl (C=O) groups is 1. The summed E-state index contributed by atoms with van der Waals surface area (Å²) >= 11 is 9.31. The number of aromatic hydroxyl groups is 2. The predicted octanol–water partition coefficient (Wildman–Crippen LogP) is 3.14. The number of rotatable bonds is 3. The molecule has 2 aromatic carbocycles. The summed E-state index contributed by atoms with van der Waals surface area (Å²) in [4.78, 5) is 13.8. The van der Waals surface area contributed by atoms with Gasteiger partial charge in [-0.25, -0.2) is 0 Å². The van der Waals surface area contributed by atoms with Gasteiger partial charge in [0.2, 0.25) is 5.91 Å². The first kappa shape index (κ1) is 16.1. The molecule has 0 spiro atoms. The van der Waals surface area contributed by atoms with Crippen LogP contribution >= 0.6 is 27.5 Å². The minimum absolute atomic E-state index is 0.0461. The second-order valence-corrected chi connectivity index (χ2v) is 6.69. The first-order valence-corrected chi connectivity index (χ1v) is 8.10. The zero-order valence-corrected chi connectivity index (χ0v) is 14.3. The number of carbonyl (C=O) groups excluding carboxylic acids is 1. The lowest BCUT2D eigenvalue weighted by molar-refractivity contribution is -0.118. The van der Waals surface area contributed by atoms with E-state index in [1.165, 1.54) is 6.07 Å². The van der Waals surface area contributed by atoms with Crippen molar-refractivity contribution in [2.45, 2.75) is 12.7 Å². The average Bonchev–Trinajstić information content (AvgIpc) is 2.87. The molecular weight excluding hydrogens is 384 g/mol. The summed E-state index contributed by atoms with van der Waals surface area (Å²) in [6, 6.07) is 10.8. The molecule has 0 bridgehead atoms. The fourth-order valence-electron chi connectivity index (χ4n) is 2.59. The van der Waals surface area contributed by atoms with E-state index in [1.54, 1.807) is 6.07 Å². The zero-order chi connectivity index (χ0) is 16.6. The molecular formula is C16H14BrClN2O3. The molecule has 1 fully saturated rings. The molecule has 3 rings (SSSR count). The molecule has 23 heavy (non-hydrogen) atoms. The maximum atomic E-state index is 11.8. The van der Waals surface area contributed by atoms with E-state index in [9.17, 15) is 15.0 Å². The van der Waals surface area contributed by atoms with Crippen LogP contribution in [0.25, 0.3) is 0 Å². The van der Waals surface area contributed by atoms with Gasteiger partial charge in [0.15, 0.2) is 11.5 Å². The third kappa shape index (κ3) is 3.44. The van der Waals surface area contributed by atoms with E-state index >= 15 is 0 Å². The summed E-state index contributed by atoms with van der Waals surface area (Å²) < 4.78 is 0.990. The SMILES string of the molecule is O=C1CN(Cc2ccc(Br)cc2)[C@H](c2cc(O)c(O)c(Cl)c2)N1. The molecule has 3 N–H and O–H groups in total. The van der Waals surface area contributed by atoms with Crippen molar-refractivity contribution in [3.8, 4) is 11.5 Å². The van der Waals surface area contributed by atoms with Crippen LogP contribution in [0.5, 0.6) is 11.5 Å². The van der Waals surface area contributed by atoms with Crippen molar-refractivity contribution in [3.05, 3.63) is 57.0 Å². The number of phenolic OH excluding ortho intramolecular Hbond substituents is 2. The minimum Gasteiger partial charge on any atom is -0.504 e. The van der Waals surface area contributed by atoms with E-state index in [0.717, 1.165) is 10.0 Å². The van der Waals surface area contributed by atoms with Crippen molar-refractivity contribution in [2.24, 2.45) is 0 Å². The summed E-state index contributed by atoms with van der Waals surface area (Å²) in [6.45, 7) is 0.815. The fourth-order valence-corrected chi connectivity index (χ4v) is 3.08. The van der Waals surface area contributed by atoms with Crippen LogP contribution in [0.4, 0.5) is 0 Å². The molecule has 1 atom stereocenters. The fraction of sp³-hybridized carbons (Fsp3) is 0.188. The Kier molecular flexibility index (Phi) is 4.48. The van der Waals surface area contributed by atoms with Crippen molar-refractivity contribution < 1.29 is 15.0 Å². The Morgan fingerprint density at radius 2 is 1.96 bits per heavy atom. The summed E-state index contributed by atoms with van der Waals surface area (Å²) in [5.74, 6) is -0.771. The summed E-state index contributed by atoms with van der Waals surface area (Å²) in [5.41, 5.74) is 1.68. The van der Waals surface area contributed by atoms with Gasteiger partial charge in [-0.2, -0.15) is 0 Å². The largest absolute Gasteiger partial charge is 0.504 e. The lowest BCUT2D eigenvalue weighted by atomic mass is 10.1.